The Labute approximate surface area is 451 Å². The number of nitrogens with one attached hydrogen (secondary N) is 6. The van der Waals surface area contributed by atoms with Crippen LogP contribution in [0.1, 0.15) is 86.1 Å². The van der Waals surface area contributed by atoms with Gasteiger partial charge in [-0.2, -0.15) is 0 Å². The number of ether oxygens (including phenoxy) is 3. The Bertz CT molecular complexity index is 2740. The molecule has 1 aliphatic heterocycles. The van der Waals surface area contributed by atoms with Crippen molar-refractivity contribution in [1.82, 2.24) is 41.3 Å². The second-order valence-corrected chi connectivity index (χ2v) is 20.5. The number of carbonyl (C=O) groups excluding carboxylic acids is 10. The Morgan fingerprint density at radius 1 is 0.756 bits per heavy atom. The summed E-state index contributed by atoms with van der Waals surface area (Å²) in [5.74, 6) is -5.28. The smallest absolute Gasteiger partial charge is 0.415 e. The molecule has 3 atom stereocenters. The number of likely N-dealkylation sites (N-methyl/N-ethyl adjacent to an activating group) is 2. The number of rotatable bonds is 27. The van der Waals surface area contributed by atoms with E-state index < -0.39 is 107 Å². The summed E-state index contributed by atoms with van der Waals surface area (Å²) in [6.07, 6.45) is 0.313. The zero-order valence-electron chi connectivity index (χ0n) is 45.5. The highest BCUT2D eigenvalue weighted by molar-refractivity contribution is 6.13. The number of nitrogens with zero attached hydrogens (tertiary/aromatic N) is 3. The zero-order chi connectivity index (χ0) is 57.9. The predicted octanol–water partition coefficient (Wildman–Crippen LogP) is 2.79. The van der Waals surface area contributed by atoms with Crippen molar-refractivity contribution in [2.75, 3.05) is 52.2 Å². The van der Waals surface area contributed by atoms with Gasteiger partial charge >= 0.3 is 23.8 Å². The van der Waals surface area contributed by atoms with Crippen LogP contribution in [-0.2, 0) is 49.6 Å². The van der Waals surface area contributed by atoms with Crippen LogP contribution in [0.3, 0.4) is 0 Å². The number of anilines is 1. The molecular formula is C53H72N10O15. The molecule has 0 spiro atoms. The summed E-state index contributed by atoms with van der Waals surface area (Å²) >= 11 is 0. The minimum Gasteiger partial charge on any atom is -0.445 e. The molecule has 1 aliphatic rings. The molecular weight excluding hydrogens is 1020 g/mol. The first-order chi connectivity index (χ1) is 36.6. The van der Waals surface area contributed by atoms with E-state index in [2.05, 4.69) is 31.9 Å². The summed E-state index contributed by atoms with van der Waals surface area (Å²) in [5.41, 5.74) is 4.48. The zero-order valence-corrected chi connectivity index (χ0v) is 45.5. The van der Waals surface area contributed by atoms with Crippen molar-refractivity contribution in [3.63, 3.8) is 0 Å². The van der Waals surface area contributed by atoms with Crippen LogP contribution in [-0.4, -0.2) is 150 Å². The van der Waals surface area contributed by atoms with Crippen molar-refractivity contribution in [1.29, 1.82) is 0 Å². The van der Waals surface area contributed by atoms with Gasteiger partial charge in [0.05, 0.1) is 12.0 Å². The molecule has 0 bridgehead atoms. The highest BCUT2D eigenvalue weighted by Gasteiger charge is 2.34. The number of imide groups is 1. The maximum Gasteiger partial charge on any atom is 0.415 e. The minimum absolute atomic E-state index is 0.00984. The van der Waals surface area contributed by atoms with Gasteiger partial charge < -0.3 is 66.1 Å². The molecule has 25 nitrogen and oxygen atoms in total. The molecule has 3 aromatic rings. The van der Waals surface area contributed by atoms with Gasteiger partial charge in [0.2, 0.25) is 29.5 Å². The summed E-state index contributed by atoms with van der Waals surface area (Å²) in [6, 6.07) is 9.06. The third-order valence-corrected chi connectivity index (χ3v) is 11.9. The molecule has 0 saturated carbocycles. The van der Waals surface area contributed by atoms with E-state index in [4.69, 9.17) is 24.4 Å². The molecule has 424 valence electrons. The number of carbonyl (C=O) groups is 10. The lowest BCUT2D eigenvalue weighted by Gasteiger charge is -2.31. The average Bonchev–Trinajstić information content (AvgIpc) is 3.68. The van der Waals surface area contributed by atoms with Gasteiger partial charge in [-0.3, -0.25) is 38.5 Å². The standard InChI is InChI=1S/C53H72N10O15/c1-32(2)45(59-41(65)30-38(47(70)60-53(6,7)23-28-76-52(3,4)5)57-40(64)22-25-63-42(66)19-20-43(63)67)48(71)58-37(11-10-24-55-49(54)72)46(69)56-35-16-12-33(13-17-35)31-75-50(73)61(8)26-27-62(9)51(74)77-36-18-14-34-15-21-44(68)78-39(34)29-36/h12-21,29,32,37-38,45H,10-11,22-28,30-31H2,1-9H3,(H,56,69)(H,57,64)(H,58,71)(H,59,65)(H,60,70)(H3,54,55,72)/t37-,38?,45?/m0/s1. The monoisotopic (exact) mass is 1090 g/mol. The lowest BCUT2D eigenvalue weighted by molar-refractivity contribution is -0.138. The lowest BCUT2D eigenvalue weighted by atomic mass is 9.99. The maximum absolute atomic E-state index is 14.0. The molecule has 0 aliphatic carbocycles. The molecule has 8 N–H and O–H groups in total. The third kappa shape index (κ3) is 21.0. The van der Waals surface area contributed by atoms with Gasteiger partial charge in [0.1, 0.15) is 36.1 Å². The van der Waals surface area contributed by atoms with Gasteiger partial charge in [0, 0.05) is 94.2 Å². The van der Waals surface area contributed by atoms with Crippen LogP contribution in [0.2, 0.25) is 0 Å². The van der Waals surface area contributed by atoms with E-state index in [1.807, 2.05) is 20.8 Å². The molecule has 25 heteroatoms. The topological polar surface area (TPSA) is 337 Å². The Kier molecular flexibility index (Phi) is 22.9. The Morgan fingerprint density at radius 2 is 1.40 bits per heavy atom. The predicted molar refractivity (Wildman–Crippen MR) is 284 cm³/mol. The van der Waals surface area contributed by atoms with E-state index in [9.17, 15) is 52.7 Å². The number of primary amides is 1. The first-order valence-corrected chi connectivity index (χ1v) is 25.3. The molecule has 2 heterocycles. The van der Waals surface area contributed by atoms with Gasteiger partial charge in [0.25, 0.3) is 11.8 Å². The summed E-state index contributed by atoms with van der Waals surface area (Å²) < 4.78 is 21.8. The number of urea groups is 1. The van der Waals surface area contributed by atoms with Crippen molar-refractivity contribution in [2.45, 2.75) is 116 Å². The van der Waals surface area contributed by atoms with Crippen LogP contribution >= 0.6 is 0 Å². The van der Waals surface area contributed by atoms with E-state index in [0.717, 1.165) is 17.1 Å². The van der Waals surface area contributed by atoms with Crippen molar-refractivity contribution < 1.29 is 66.6 Å². The highest BCUT2D eigenvalue weighted by atomic mass is 16.6. The van der Waals surface area contributed by atoms with Crippen molar-refractivity contribution in [2.24, 2.45) is 11.7 Å². The Morgan fingerprint density at radius 3 is 2.03 bits per heavy atom. The van der Waals surface area contributed by atoms with E-state index in [-0.39, 0.29) is 70.0 Å². The SMILES string of the molecule is CC(C)C(NC(=O)CC(NC(=O)CCN1C(=O)C=CC1=O)C(=O)NC(C)(C)CCOC(C)(C)C)C(=O)N[C@@H](CCCNC(N)=O)C(=O)Nc1ccc(COC(=O)N(C)CCN(C)C(=O)Oc2ccc3ccc(=O)oc3c2)cc1. The van der Waals surface area contributed by atoms with Gasteiger partial charge in [-0.25, -0.2) is 19.2 Å². The largest absolute Gasteiger partial charge is 0.445 e. The second kappa shape index (κ2) is 28.7. The average molecular weight is 1090 g/mol. The molecule has 0 radical (unpaired) electrons. The molecule has 2 unspecified atom stereocenters. The van der Waals surface area contributed by atoms with E-state index in [1.54, 1.807) is 70.2 Å². The summed E-state index contributed by atoms with van der Waals surface area (Å²) in [5, 5.41) is 16.5. The van der Waals surface area contributed by atoms with E-state index in [0.29, 0.717) is 23.1 Å². The van der Waals surface area contributed by atoms with Crippen LogP contribution in [0.4, 0.5) is 20.1 Å². The molecule has 0 saturated heterocycles. The van der Waals surface area contributed by atoms with Crippen LogP contribution < -0.4 is 48.0 Å². The van der Waals surface area contributed by atoms with Gasteiger partial charge in [-0.1, -0.05) is 26.0 Å². The lowest BCUT2D eigenvalue weighted by Crippen LogP contribution is -2.57. The number of hydrogen-bond donors (Lipinski definition) is 7. The number of nitrogens with two attached hydrogens (primary N) is 1. The molecule has 4 rings (SSSR count). The Hall–Kier alpha value is -8.35. The molecule has 11 amide bonds. The quantitative estimate of drug-likeness (QED) is 0.0328. The highest BCUT2D eigenvalue weighted by Crippen LogP contribution is 2.21. The molecule has 0 fully saturated rings. The van der Waals surface area contributed by atoms with Crippen LogP contribution in [0.25, 0.3) is 11.0 Å². The first kappa shape index (κ1) is 62.2. The fourth-order valence-corrected chi connectivity index (χ4v) is 7.37. The normalized spacial score (nSPS) is 13.5. The fraction of sp³-hybridized carbons (Fsp3) is 0.491. The van der Waals surface area contributed by atoms with Crippen LogP contribution in [0, 0.1) is 5.92 Å². The first-order valence-electron chi connectivity index (χ1n) is 25.3. The Balaban J connectivity index is 1.35. The molecule has 2 aromatic carbocycles. The number of benzene rings is 2. The number of fused-ring (bicyclic) bond motifs is 1. The minimum atomic E-state index is -1.47. The summed E-state index contributed by atoms with van der Waals surface area (Å²) in [7, 11) is 2.98. The van der Waals surface area contributed by atoms with E-state index >= 15 is 0 Å². The van der Waals surface area contributed by atoms with E-state index in [1.165, 1.54) is 36.0 Å². The number of hydrogen-bond acceptors (Lipinski definition) is 15. The van der Waals surface area contributed by atoms with Crippen LogP contribution in [0.15, 0.2) is 76.0 Å². The van der Waals surface area contributed by atoms with Crippen molar-refractivity contribution in [3.05, 3.63) is 82.7 Å². The summed E-state index contributed by atoms with van der Waals surface area (Å²) in [4.78, 5) is 145. The van der Waals surface area contributed by atoms with Gasteiger partial charge in [0.15, 0.2) is 0 Å². The molecule has 1 aromatic heterocycles. The summed E-state index contributed by atoms with van der Waals surface area (Å²) in [6.45, 7) is 12.5. The maximum atomic E-state index is 14.0. The van der Waals surface area contributed by atoms with Crippen molar-refractivity contribution >= 4 is 76.2 Å². The van der Waals surface area contributed by atoms with Crippen LogP contribution in [0.5, 0.6) is 5.75 Å². The number of amides is 11. The third-order valence-electron chi connectivity index (χ3n) is 11.9. The fourth-order valence-electron chi connectivity index (χ4n) is 7.37. The molecule has 78 heavy (non-hydrogen) atoms. The second-order valence-electron chi connectivity index (χ2n) is 20.5. The van der Waals surface area contributed by atoms with Gasteiger partial charge in [-0.05, 0) is 95.7 Å². The van der Waals surface area contributed by atoms with Gasteiger partial charge in [-0.15, -0.1) is 0 Å². The van der Waals surface area contributed by atoms with Crippen molar-refractivity contribution in [3.8, 4) is 5.75 Å².